The lowest BCUT2D eigenvalue weighted by Gasteiger charge is -2.42. The maximum absolute atomic E-state index is 15.2. The van der Waals surface area contributed by atoms with Crippen molar-refractivity contribution in [2.75, 3.05) is 0 Å². The van der Waals surface area contributed by atoms with Crippen molar-refractivity contribution < 1.29 is 4.39 Å². The molecular weight excluding hydrogens is 379 g/mol. The summed E-state index contributed by atoms with van der Waals surface area (Å²) in [5, 5.41) is 0. The highest BCUT2D eigenvalue weighted by molar-refractivity contribution is 5.64. The second-order valence-electron chi connectivity index (χ2n) is 9.84. The quantitative estimate of drug-likeness (QED) is 0.377. The van der Waals surface area contributed by atoms with Crippen LogP contribution in [0.3, 0.4) is 0 Å². The van der Waals surface area contributed by atoms with Crippen LogP contribution in [-0.4, -0.2) is 0 Å². The Bertz CT molecular complexity index is 878. The summed E-state index contributed by atoms with van der Waals surface area (Å²) in [6.45, 7) is 7.67. The summed E-state index contributed by atoms with van der Waals surface area (Å²) in [4.78, 5) is 0. The Kier molecular flexibility index (Phi) is 7.43. The first-order chi connectivity index (χ1) is 15.2. The minimum absolute atomic E-state index is 0.0173. The number of aryl methyl sites for hydroxylation is 1. The molecule has 2 aliphatic carbocycles. The molecule has 1 heteroatoms. The van der Waals surface area contributed by atoms with Gasteiger partial charge < -0.3 is 0 Å². The number of fused-ring (bicyclic) bond motifs is 1. The minimum Gasteiger partial charge on any atom is -0.207 e. The zero-order chi connectivity index (χ0) is 21.6. The number of hydrogen-bond acceptors (Lipinski definition) is 0. The fourth-order valence-corrected chi connectivity index (χ4v) is 6.05. The molecule has 2 aromatic carbocycles. The fraction of sp³-hybridized carbons (Fsp3) is 0.467. The van der Waals surface area contributed by atoms with Crippen molar-refractivity contribution in [1.82, 2.24) is 0 Å². The largest absolute Gasteiger partial charge is 0.207 e. The first-order valence-electron chi connectivity index (χ1n) is 12.3. The van der Waals surface area contributed by atoms with Crippen LogP contribution in [0, 0.1) is 23.6 Å². The van der Waals surface area contributed by atoms with E-state index in [9.17, 15) is 0 Å². The first-order valence-corrected chi connectivity index (χ1v) is 12.3. The van der Waals surface area contributed by atoms with Crippen molar-refractivity contribution in [2.24, 2.45) is 17.8 Å². The molecular formula is C30H37F. The van der Waals surface area contributed by atoms with Crippen molar-refractivity contribution in [1.29, 1.82) is 0 Å². The summed E-state index contributed by atoms with van der Waals surface area (Å²) in [5.74, 6) is 2.91. The third kappa shape index (κ3) is 5.37. The molecule has 0 spiro atoms. The second kappa shape index (κ2) is 10.4. The van der Waals surface area contributed by atoms with Gasteiger partial charge in [-0.15, -0.1) is 13.2 Å². The molecule has 31 heavy (non-hydrogen) atoms. The molecule has 4 unspecified atom stereocenters. The number of allylic oxidation sites excluding steroid dienone is 2. The van der Waals surface area contributed by atoms with E-state index in [0.29, 0.717) is 5.92 Å². The van der Waals surface area contributed by atoms with Gasteiger partial charge >= 0.3 is 0 Å². The van der Waals surface area contributed by atoms with Crippen LogP contribution < -0.4 is 0 Å². The van der Waals surface area contributed by atoms with Gasteiger partial charge in [0.15, 0.2) is 0 Å². The molecule has 4 atom stereocenters. The molecule has 2 aliphatic rings. The molecule has 4 rings (SSSR count). The van der Waals surface area contributed by atoms with E-state index in [1.165, 1.54) is 44.1 Å². The topological polar surface area (TPSA) is 0 Å². The van der Waals surface area contributed by atoms with E-state index in [-0.39, 0.29) is 5.82 Å². The lowest BCUT2D eigenvalue weighted by atomic mass is 9.63. The molecule has 0 radical (unpaired) electrons. The van der Waals surface area contributed by atoms with Gasteiger partial charge in [-0.25, -0.2) is 4.39 Å². The van der Waals surface area contributed by atoms with Crippen molar-refractivity contribution in [2.45, 2.75) is 70.1 Å². The van der Waals surface area contributed by atoms with Gasteiger partial charge in [0.2, 0.25) is 0 Å². The smallest absolute Gasteiger partial charge is 0.127 e. The normalized spacial score (nSPS) is 25.6. The molecule has 0 heterocycles. The van der Waals surface area contributed by atoms with Crippen LogP contribution in [0.15, 0.2) is 67.8 Å². The maximum Gasteiger partial charge on any atom is 0.127 e. The fourth-order valence-electron chi connectivity index (χ4n) is 6.05. The summed E-state index contributed by atoms with van der Waals surface area (Å²) in [6, 6.07) is 14.5. The van der Waals surface area contributed by atoms with E-state index < -0.39 is 0 Å². The van der Waals surface area contributed by atoms with Gasteiger partial charge in [-0.2, -0.15) is 0 Å². The zero-order valence-corrected chi connectivity index (χ0v) is 18.9. The number of benzene rings is 2. The third-order valence-corrected chi connectivity index (χ3v) is 7.87. The van der Waals surface area contributed by atoms with Gasteiger partial charge in [0, 0.05) is 0 Å². The number of halogens is 1. The highest BCUT2D eigenvalue weighted by atomic mass is 19.1. The van der Waals surface area contributed by atoms with Crippen LogP contribution in [0.1, 0.15) is 74.8 Å². The van der Waals surface area contributed by atoms with E-state index >= 15 is 4.39 Å². The van der Waals surface area contributed by atoms with Crippen molar-refractivity contribution in [3.63, 3.8) is 0 Å². The molecule has 0 nitrogen and oxygen atoms in total. The van der Waals surface area contributed by atoms with Gasteiger partial charge in [-0.3, -0.25) is 0 Å². The Labute approximate surface area is 188 Å². The SMILES string of the molecule is C=CCCc1ccc(-c2ccc(C3CCC4CC(CCC=C)CCC4C3)c(F)c2)cc1. The van der Waals surface area contributed by atoms with E-state index in [1.54, 1.807) is 6.07 Å². The summed E-state index contributed by atoms with van der Waals surface area (Å²) in [6.07, 6.45) is 16.1. The van der Waals surface area contributed by atoms with Gasteiger partial charge in [0.1, 0.15) is 5.82 Å². The average Bonchev–Trinajstić information content (AvgIpc) is 2.81. The highest BCUT2D eigenvalue weighted by Gasteiger charge is 2.36. The average molecular weight is 417 g/mol. The lowest BCUT2D eigenvalue weighted by Crippen LogP contribution is -2.30. The third-order valence-electron chi connectivity index (χ3n) is 7.87. The van der Waals surface area contributed by atoms with E-state index in [1.807, 2.05) is 6.08 Å². The van der Waals surface area contributed by atoms with Crippen LogP contribution >= 0.6 is 0 Å². The van der Waals surface area contributed by atoms with Crippen LogP contribution in [0.25, 0.3) is 11.1 Å². The van der Waals surface area contributed by atoms with Gasteiger partial charge in [0.25, 0.3) is 0 Å². The lowest BCUT2D eigenvalue weighted by molar-refractivity contribution is 0.114. The molecule has 0 bridgehead atoms. The van der Waals surface area contributed by atoms with Crippen LogP contribution in [0.2, 0.25) is 0 Å². The molecule has 0 aliphatic heterocycles. The van der Waals surface area contributed by atoms with Gasteiger partial charge in [-0.05, 0) is 110 Å². The summed E-state index contributed by atoms with van der Waals surface area (Å²) in [5.41, 5.74) is 4.32. The van der Waals surface area contributed by atoms with Crippen molar-refractivity contribution in [3.05, 3.63) is 84.7 Å². The van der Waals surface area contributed by atoms with Crippen molar-refractivity contribution in [3.8, 4) is 11.1 Å². The van der Waals surface area contributed by atoms with E-state index in [0.717, 1.165) is 60.1 Å². The molecule has 2 fully saturated rings. The predicted octanol–water partition coefficient (Wildman–Crippen LogP) is 8.88. The minimum atomic E-state index is -0.0173. The Hall–Kier alpha value is -2.15. The van der Waals surface area contributed by atoms with E-state index in [4.69, 9.17) is 0 Å². The molecule has 0 aromatic heterocycles. The maximum atomic E-state index is 15.2. The molecule has 164 valence electrons. The first kappa shape index (κ1) is 22.1. The summed E-state index contributed by atoms with van der Waals surface area (Å²) in [7, 11) is 0. The van der Waals surface area contributed by atoms with Gasteiger partial charge in [-0.1, -0.05) is 55.0 Å². The van der Waals surface area contributed by atoms with Crippen LogP contribution in [-0.2, 0) is 6.42 Å². The zero-order valence-electron chi connectivity index (χ0n) is 18.9. The predicted molar refractivity (Wildman–Crippen MR) is 131 cm³/mol. The second-order valence-corrected chi connectivity index (χ2v) is 9.84. The highest BCUT2D eigenvalue weighted by Crippen LogP contribution is 2.48. The molecule has 2 saturated carbocycles. The van der Waals surface area contributed by atoms with Crippen molar-refractivity contribution >= 4 is 0 Å². The summed E-state index contributed by atoms with van der Waals surface area (Å²) >= 11 is 0. The Balaban J connectivity index is 1.40. The Morgan fingerprint density at radius 2 is 1.52 bits per heavy atom. The monoisotopic (exact) mass is 416 g/mol. The van der Waals surface area contributed by atoms with Gasteiger partial charge in [0.05, 0.1) is 0 Å². The molecule has 0 saturated heterocycles. The number of rotatable bonds is 8. The molecule has 0 amide bonds. The molecule has 2 aromatic rings. The van der Waals surface area contributed by atoms with Crippen LogP contribution in [0.4, 0.5) is 4.39 Å². The van der Waals surface area contributed by atoms with E-state index in [2.05, 4.69) is 55.6 Å². The standard InChI is InChI=1S/C30H37F/c1-3-5-7-22-9-12-24(13-10-22)27-17-18-29(30(31)21-27)28-16-15-25-19-23(8-6-4-2)11-14-26(25)20-28/h3-4,9-10,12-13,17-18,21,23,25-26,28H,1-2,5-8,11,14-16,19-20H2. The Morgan fingerprint density at radius 1 is 0.806 bits per heavy atom. The Morgan fingerprint density at radius 3 is 2.26 bits per heavy atom. The summed E-state index contributed by atoms with van der Waals surface area (Å²) < 4.78 is 15.2. The van der Waals surface area contributed by atoms with Crippen LogP contribution in [0.5, 0.6) is 0 Å². The molecule has 0 N–H and O–H groups in total. The number of hydrogen-bond donors (Lipinski definition) is 0.